The lowest BCUT2D eigenvalue weighted by molar-refractivity contribution is -0.211. The fourth-order valence-electron chi connectivity index (χ4n) is 11.3. The van der Waals surface area contributed by atoms with Gasteiger partial charge in [-0.05, 0) is 104 Å². The lowest BCUT2D eigenvalue weighted by Crippen LogP contribution is -2.67. The van der Waals surface area contributed by atoms with E-state index < -0.39 is 41.3 Å². The van der Waals surface area contributed by atoms with Gasteiger partial charge in [-0.1, -0.05) is 47.1 Å². The van der Waals surface area contributed by atoms with E-state index in [0.29, 0.717) is 6.42 Å². The van der Waals surface area contributed by atoms with Crippen LogP contribution in [0.15, 0.2) is 11.6 Å². The normalized spacial score (nSPS) is 45.7. The summed E-state index contributed by atoms with van der Waals surface area (Å²) in [6, 6.07) is -1.20. The van der Waals surface area contributed by atoms with Crippen LogP contribution in [0.2, 0.25) is 0 Å². The van der Waals surface area contributed by atoms with E-state index in [1.54, 1.807) is 0 Å². The number of carbonyl (C=O) groups excluding carboxylic acids is 3. The van der Waals surface area contributed by atoms with Gasteiger partial charge in [0, 0.05) is 11.3 Å². The molecule has 0 spiro atoms. The smallest absolute Gasteiger partial charge is 0.323 e. The Balaban J connectivity index is 1.48. The van der Waals surface area contributed by atoms with Crippen LogP contribution in [-0.4, -0.2) is 48.1 Å². The van der Waals surface area contributed by atoms with Gasteiger partial charge >= 0.3 is 17.9 Å². The first kappa shape index (κ1) is 32.2. The summed E-state index contributed by atoms with van der Waals surface area (Å²) >= 11 is 0. The number of rotatable bonds is 5. The van der Waals surface area contributed by atoms with Gasteiger partial charge in [0.15, 0.2) is 5.78 Å². The van der Waals surface area contributed by atoms with E-state index in [1.165, 1.54) is 12.7 Å². The number of fused-ring (bicyclic) bond motifs is 7. The zero-order chi connectivity index (χ0) is 32.0. The largest absolute Gasteiger partial charge is 0.481 e. The third-order valence-electron chi connectivity index (χ3n) is 14.1. The number of carbonyl (C=O) groups is 4. The molecule has 0 saturated heterocycles. The summed E-state index contributed by atoms with van der Waals surface area (Å²) in [4.78, 5) is 51.3. The van der Waals surface area contributed by atoms with Gasteiger partial charge in [-0.15, -0.1) is 0 Å². The summed E-state index contributed by atoms with van der Waals surface area (Å²) in [5.41, 5.74) is 5.55. The highest BCUT2D eigenvalue weighted by Crippen LogP contribution is 2.75. The molecule has 8 nitrogen and oxygen atoms in total. The molecule has 4 fully saturated rings. The van der Waals surface area contributed by atoms with Crippen molar-refractivity contribution in [2.75, 3.05) is 7.11 Å². The number of ketones is 1. The van der Waals surface area contributed by atoms with Crippen molar-refractivity contribution in [3.8, 4) is 0 Å². The minimum Gasteiger partial charge on any atom is -0.481 e. The molecule has 0 bridgehead atoms. The number of aliphatic carboxylic acids is 1. The average molecular weight is 600 g/mol. The lowest BCUT2D eigenvalue weighted by atomic mass is 9.33. The minimum absolute atomic E-state index is 0.0644. The van der Waals surface area contributed by atoms with E-state index in [-0.39, 0.29) is 51.2 Å². The van der Waals surface area contributed by atoms with E-state index in [4.69, 9.17) is 20.3 Å². The molecule has 0 amide bonds. The minimum atomic E-state index is -1.20. The molecule has 0 heterocycles. The molecule has 0 aromatic heterocycles. The molecule has 5 rings (SSSR count). The van der Waals surface area contributed by atoms with Crippen molar-refractivity contribution in [2.45, 2.75) is 125 Å². The maximum absolute atomic E-state index is 14.6. The fourth-order valence-corrected chi connectivity index (χ4v) is 11.3. The van der Waals surface area contributed by atoms with Crippen LogP contribution in [0.25, 0.3) is 0 Å². The Morgan fingerprint density at radius 3 is 2.26 bits per heavy atom. The van der Waals surface area contributed by atoms with Crippen LogP contribution >= 0.6 is 0 Å². The standard InChI is InChI=1S/C35H53NO7/c1-30(2)24-9-12-35(7)27(33(24,5)11-10-25(30)43-28(40)22(36)18-26(38)39)23(37)17-20-21-19-32(4,29(41)42-8)14-13-31(21,3)15-16-34(20,35)6/h17,21-22,24-25,27H,9-16,18-19,36H2,1-8H3,(H,38,39)/t21-,22-,24-,25-,27+,31+,32-,33-,34+,35+/m0/s1. The van der Waals surface area contributed by atoms with Gasteiger partial charge in [0.05, 0.1) is 18.9 Å². The van der Waals surface area contributed by atoms with Crippen LogP contribution < -0.4 is 5.73 Å². The van der Waals surface area contributed by atoms with Crippen molar-refractivity contribution >= 4 is 23.7 Å². The maximum atomic E-state index is 14.6. The molecule has 5 aliphatic rings. The molecule has 10 atom stereocenters. The van der Waals surface area contributed by atoms with Crippen LogP contribution in [0, 0.1) is 50.2 Å². The van der Waals surface area contributed by atoms with E-state index in [1.807, 2.05) is 13.0 Å². The molecular formula is C35H53NO7. The Morgan fingerprint density at radius 2 is 1.63 bits per heavy atom. The van der Waals surface area contributed by atoms with Crippen molar-refractivity contribution in [2.24, 2.45) is 56.0 Å². The van der Waals surface area contributed by atoms with Crippen LogP contribution in [0.4, 0.5) is 0 Å². The highest BCUT2D eigenvalue weighted by molar-refractivity contribution is 5.95. The maximum Gasteiger partial charge on any atom is 0.323 e. The van der Waals surface area contributed by atoms with E-state index in [9.17, 15) is 19.2 Å². The Labute approximate surface area is 256 Å². The second-order valence-electron chi connectivity index (χ2n) is 16.7. The summed E-state index contributed by atoms with van der Waals surface area (Å²) < 4.78 is 11.2. The Bertz CT molecular complexity index is 1260. The molecule has 0 unspecified atom stereocenters. The molecule has 4 saturated carbocycles. The number of carboxylic acids is 1. The van der Waals surface area contributed by atoms with Crippen molar-refractivity contribution in [3.05, 3.63) is 11.6 Å². The SMILES string of the molecule is COC(=O)[C@@]1(C)CC[C@]2(C)CC[C@]3(C)C(=CC(=O)[C@@H]4[C@@]5(C)CC[C@H](OC(=O)[C@@H](N)CC(=O)O)C(C)(C)[C@@H]5CC[C@]43C)[C@@H]2C1. The summed E-state index contributed by atoms with van der Waals surface area (Å²) in [6.07, 6.45) is 8.93. The highest BCUT2D eigenvalue weighted by Gasteiger charge is 2.70. The molecule has 0 aliphatic heterocycles. The zero-order valence-corrected chi connectivity index (χ0v) is 27.5. The molecular weight excluding hydrogens is 546 g/mol. The van der Waals surface area contributed by atoms with Crippen LogP contribution in [-0.2, 0) is 28.7 Å². The molecule has 0 aromatic carbocycles. The summed E-state index contributed by atoms with van der Waals surface area (Å²) in [5, 5.41) is 9.09. The molecule has 0 radical (unpaired) electrons. The van der Waals surface area contributed by atoms with Gasteiger partial charge in [-0.2, -0.15) is 0 Å². The predicted molar refractivity (Wildman–Crippen MR) is 162 cm³/mol. The summed E-state index contributed by atoms with van der Waals surface area (Å²) in [6.45, 7) is 15.7. The monoisotopic (exact) mass is 599 g/mol. The van der Waals surface area contributed by atoms with Crippen LogP contribution in [0.5, 0.6) is 0 Å². The van der Waals surface area contributed by atoms with E-state index >= 15 is 0 Å². The Kier molecular flexibility index (Phi) is 7.59. The number of ether oxygens (including phenoxy) is 2. The molecule has 5 aliphatic carbocycles. The summed E-state index contributed by atoms with van der Waals surface area (Å²) in [7, 11) is 1.47. The van der Waals surface area contributed by atoms with Gasteiger partial charge in [0.2, 0.25) is 0 Å². The second kappa shape index (κ2) is 10.1. The Morgan fingerprint density at radius 1 is 0.977 bits per heavy atom. The van der Waals surface area contributed by atoms with Gasteiger partial charge in [-0.3, -0.25) is 19.2 Å². The number of allylic oxidation sites excluding steroid dienone is 2. The first-order valence-electron chi connectivity index (χ1n) is 16.3. The van der Waals surface area contributed by atoms with E-state index in [0.717, 1.165) is 51.4 Å². The van der Waals surface area contributed by atoms with Gasteiger partial charge in [0.1, 0.15) is 12.1 Å². The third kappa shape index (κ3) is 4.54. The predicted octanol–water partition coefficient (Wildman–Crippen LogP) is 5.85. The number of hydrogen-bond acceptors (Lipinski definition) is 7. The third-order valence-corrected chi connectivity index (χ3v) is 14.1. The van der Waals surface area contributed by atoms with Crippen molar-refractivity contribution in [1.82, 2.24) is 0 Å². The molecule has 8 heteroatoms. The zero-order valence-electron chi connectivity index (χ0n) is 27.5. The lowest BCUT2D eigenvalue weighted by Gasteiger charge is -2.70. The fraction of sp³-hybridized carbons (Fsp3) is 0.829. The van der Waals surface area contributed by atoms with Crippen LogP contribution in [0.1, 0.15) is 113 Å². The first-order chi connectivity index (χ1) is 19.8. The average Bonchev–Trinajstić information content (AvgIpc) is 2.91. The van der Waals surface area contributed by atoms with E-state index in [2.05, 4.69) is 41.5 Å². The van der Waals surface area contributed by atoms with Gasteiger partial charge in [0.25, 0.3) is 0 Å². The number of hydrogen-bond donors (Lipinski definition) is 2. The quantitative estimate of drug-likeness (QED) is 0.376. The van der Waals surface area contributed by atoms with Gasteiger partial charge in [-0.25, -0.2) is 0 Å². The topological polar surface area (TPSA) is 133 Å². The molecule has 0 aromatic rings. The van der Waals surface area contributed by atoms with Crippen molar-refractivity contribution in [1.29, 1.82) is 0 Å². The summed E-state index contributed by atoms with van der Waals surface area (Å²) in [5.74, 6) is -1.58. The first-order valence-corrected chi connectivity index (χ1v) is 16.3. The highest BCUT2D eigenvalue weighted by atomic mass is 16.5. The number of carboxylic acid groups (broad SMARTS) is 1. The number of esters is 2. The molecule has 3 N–H and O–H groups in total. The Hall–Kier alpha value is -2.22. The van der Waals surface area contributed by atoms with Gasteiger partial charge < -0.3 is 20.3 Å². The number of nitrogens with two attached hydrogens (primary N) is 1. The van der Waals surface area contributed by atoms with Crippen molar-refractivity contribution in [3.63, 3.8) is 0 Å². The van der Waals surface area contributed by atoms with Crippen LogP contribution in [0.3, 0.4) is 0 Å². The number of methoxy groups -OCH3 is 1. The van der Waals surface area contributed by atoms with Crippen molar-refractivity contribution < 1.29 is 33.8 Å². The molecule has 240 valence electrons. The second-order valence-corrected chi connectivity index (χ2v) is 16.7. The molecule has 43 heavy (non-hydrogen) atoms.